The number of anilines is 1. The third kappa shape index (κ3) is 1.04. The van der Waals surface area contributed by atoms with Crippen LogP contribution in [0.5, 0.6) is 0 Å². The second-order valence-electron chi connectivity index (χ2n) is 3.33. The standard InChI is InChI=1S/C10H8N2OS/c13-9-2-1-7-10(12-9)6-3-4-14-8(6)5-11-7/h3-5H,1-2H2,(H,12,13). The second kappa shape index (κ2) is 2.78. The fraction of sp³-hybridized carbons (Fsp3) is 0.200. The van der Waals surface area contributed by atoms with Crippen molar-refractivity contribution >= 4 is 33.0 Å². The number of hydrogen-bond donors (Lipinski definition) is 1. The highest BCUT2D eigenvalue weighted by Gasteiger charge is 2.18. The van der Waals surface area contributed by atoms with E-state index in [1.165, 1.54) is 0 Å². The molecule has 0 fully saturated rings. The minimum Gasteiger partial charge on any atom is -0.324 e. The van der Waals surface area contributed by atoms with Crippen molar-refractivity contribution in [2.45, 2.75) is 12.8 Å². The number of aromatic nitrogens is 1. The van der Waals surface area contributed by atoms with E-state index in [2.05, 4.69) is 10.3 Å². The summed E-state index contributed by atoms with van der Waals surface area (Å²) >= 11 is 1.65. The molecule has 3 rings (SSSR count). The molecule has 3 heterocycles. The predicted octanol–water partition coefficient (Wildman–Crippen LogP) is 2.18. The van der Waals surface area contributed by atoms with Crippen LogP contribution in [-0.2, 0) is 11.2 Å². The highest BCUT2D eigenvalue weighted by atomic mass is 32.1. The van der Waals surface area contributed by atoms with Gasteiger partial charge in [-0.2, -0.15) is 0 Å². The molecule has 1 aliphatic rings. The van der Waals surface area contributed by atoms with Gasteiger partial charge >= 0.3 is 0 Å². The highest BCUT2D eigenvalue weighted by molar-refractivity contribution is 7.17. The van der Waals surface area contributed by atoms with Crippen molar-refractivity contribution in [3.63, 3.8) is 0 Å². The molecule has 1 aliphatic heterocycles. The number of nitrogens with zero attached hydrogens (tertiary/aromatic N) is 1. The number of nitrogens with one attached hydrogen (secondary N) is 1. The lowest BCUT2D eigenvalue weighted by Gasteiger charge is -2.16. The van der Waals surface area contributed by atoms with Gasteiger partial charge in [-0.1, -0.05) is 0 Å². The van der Waals surface area contributed by atoms with Gasteiger partial charge in [0.05, 0.1) is 16.1 Å². The second-order valence-corrected chi connectivity index (χ2v) is 4.27. The van der Waals surface area contributed by atoms with E-state index in [9.17, 15) is 4.79 Å². The Bertz CT molecular complexity index is 518. The van der Waals surface area contributed by atoms with E-state index in [1.54, 1.807) is 11.3 Å². The molecule has 0 aromatic carbocycles. The number of amides is 1. The molecule has 0 unspecified atom stereocenters. The molecule has 3 nitrogen and oxygen atoms in total. The Hall–Kier alpha value is -1.42. The summed E-state index contributed by atoms with van der Waals surface area (Å²) in [5, 5.41) is 6.03. The van der Waals surface area contributed by atoms with Crippen molar-refractivity contribution in [1.29, 1.82) is 0 Å². The van der Waals surface area contributed by atoms with Crippen molar-refractivity contribution in [1.82, 2.24) is 4.98 Å². The smallest absolute Gasteiger partial charge is 0.224 e. The first-order valence-electron chi connectivity index (χ1n) is 4.49. The van der Waals surface area contributed by atoms with Gasteiger partial charge in [-0.3, -0.25) is 9.78 Å². The quantitative estimate of drug-likeness (QED) is 0.714. The molecule has 2 aromatic rings. The maximum atomic E-state index is 11.3. The van der Waals surface area contributed by atoms with Gasteiger partial charge in [-0.15, -0.1) is 11.3 Å². The van der Waals surface area contributed by atoms with Crippen molar-refractivity contribution < 1.29 is 4.79 Å². The lowest BCUT2D eigenvalue weighted by molar-refractivity contribution is -0.116. The van der Waals surface area contributed by atoms with Gasteiger partial charge in [0.25, 0.3) is 0 Å². The fourth-order valence-corrected chi connectivity index (χ4v) is 2.51. The number of carbonyl (C=O) groups excluding carboxylic acids is 1. The first kappa shape index (κ1) is 7.94. The molecule has 1 amide bonds. The Morgan fingerprint density at radius 3 is 3.29 bits per heavy atom. The summed E-state index contributed by atoms with van der Waals surface area (Å²) in [6.07, 6.45) is 3.19. The van der Waals surface area contributed by atoms with Gasteiger partial charge in [0.1, 0.15) is 0 Å². The number of fused-ring (bicyclic) bond motifs is 3. The SMILES string of the molecule is O=C1CCc2ncc3sccc3c2N1. The predicted molar refractivity (Wildman–Crippen MR) is 56.6 cm³/mol. The summed E-state index contributed by atoms with van der Waals surface area (Å²) in [4.78, 5) is 15.6. The van der Waals surface area contributed by atoms with Crippen LogP contribution in [0.3, 0.4) is 0 Å². The number of pyridine rings is 1. The first-order chi connectivity index (χ1) is 6.84. The van der Waals surface area contributed by atoms with Crippen LogP contribution in [0, 0.1) is 0 Å². The van der Waals surface area contributed by atoms with Crippen LogP contribution in [-0.4, -0.2) is 10.9 Å². The Morgan fingerprint density at radius 2 is 2.36 bits per heavy atom. The van der Waals surface area contributed by atoms with Gasteiger partial charge in [0.2, 0.25) is 5.91 Å². The molecule has 2 aromatic heterocycles. The number of hydrogen-bond acceptors (Lipinski definition) is 3. The lowest BCUT2D eigenvalue weighted by Crippen LogP contribution is -2.19. The van der Waals surface area contributed by atoms with Crippen molar-refractivity contribution in [2.75, 3.05) is 5.32 Å². The molecule has 0 spiro atoms. The molecular weight excluding hydrogens is 196 g/mol. The Kier molecular flexibility index (Phi) is 1.58. The molecule has 4 heteroatoms. The summed E-state index contributed by atoms with van der Waals surface area (Å²) in [7, 11) is 0. The van der Waals surface area contributed by atoms with Gasteiger partial charge in [-0.25, -0.2) is 0 Å². The zero-order valence-corrected chi connectivity index (χ0v) is 8.23. The van der Waals surface area contributed by atoms with Crippen LogP contribution < -0.4 is 5.32 Å². The van der Waals surface area contributed by atoms with E-state index < -0.39 is 0 Å². The Balaban J connectivity index is 2.31. The molecule has 0 saturated carbocycles. The molecule has 0 saturated heterocycles. The lowest BCUT2D eigenvalue weighted by atomic mass is 10.1. The topological polar surface area (TPSA) is 42.0 Å². The van der Waals surface area contributed by atoms with Crippen LogP contribution in [0.2, 0.25) is 0 Å². The van der Waals surface area contributed by atoms with E-state index in [0.29, 0.717) is 6.42 Å². The molecular formula is C10H8N2OS. The normalized spacial score (nSPS) is 15.3. The molecule has 14 heavy (non-hydrogen) atoms. The molecule has 0 aliphatic carbocycles. The van der Waals surface area contributed by atoms with Gasteiger partial charge in [-0.05, 0) is 11.4 Å². The summed E-state index contributed by atoms with van der Waals surface area (Å²) in [5.41, 5.74) is 1.93. The van der Waals surface area contributed by atoms with E-state index in [4.69, 9.17) is 0 Å². The summed E-state index contributed by atoms with van der Waals surface area (Å²) < 4.78 is 1.13. The Morgan fingerprint density at radius 1 is 1.43 bits per heavy atom. The molecule has 1 N–H and O–H groups in total. The maximum absolute atomic E-state index is 11.3. The monoisotopic (exact) mass is 204 g/mol. The zero-order valence-electron chi connectivity index (χ0n) is 7.41. The minimum atomic E-state index is 0.0954. The van der Waals surface area contributed by atoms with E-state index >= 15 is 0 Å². The third-order valence-electron chi connectivity index (χ3n) is 2.44. The van der Waals surface area contributed by atoms with Crippen LogP contribution >= 0.6 is 11.3 Å². The maximum Gasteiger partial charge on any atom is 0.224 e. The zero-order chi connectivity index (χ0) is 9.54. The van der Waals surface area contributed by atoms with Gasteiger partial charge in [0.15, 0.2) is 0 Å². The average Bonchev–Trinajstić information content (AvgIpc) is 2.65. The number of aryl methyl sites for hydroxylation is 1. The minimum absolute atomic E-state index is 0.0954. The van der Waals surface area contributed by atoms with Gasteiger partial charge in [0, 0.05) is 24.4 Å². The summed E-state index contributed by atoms with van der Waals surface area (Å²) in [6, 6.07) is 2.03. The van der Waals surface area contributed by atoms with Crippen LogP contribution in [0.25, 0.3) is 10.1 Å². The molecule has 0 bridgehead atoms. The van der Waals surface area contributed by atoms with E-state index in [0.717, 1.165) is 27.9 Å². The summed E-state index contributed by atoms with van der Waals surface area (Å²) in [6.45, 7) is 0. The average molecular weight is 204 g/mol. The van der Waals surface area contributed by atoms with Gasteiger partial charge < -0.3 is 5.32 Å². The number of thiophene rings is 1. The summed E-state index contributed by atoms with van der Waals surface area (Å²) in [5.74, 6) is 0.0954. The van der Waals surface area contributed by atoms with Crippen molar-refractivity contribution in [3.8, 4) is 0 Å². The van der Waals surface area contributed by atoms with Crippen LogP contribution in [0.1, 0.15) is 12.1 Å². The number of rotatable bonds is 0. The van der Waals surface area contributed by atoms with E-state index in [1.807, 2.05) is 17.6 Å². The number of carbonyl (C=O) groups is 1. The third-order valence-corrected chi connectivity index (χ3v) is 3.30. The van der Waals surface area contributed by atoms with Crippen molar-refractivity contribution in [3.05, 3.63) is 23.3 Å². The largest absolute Gasteiger partial charge is 0.324 e. The fourth-order valence-electron chi connectivity index (χ4n) is 1.75. The highest BCUT2D eigenvalue weighted by Crippen LogP contribution is 2.32. The molecule has 70 valence electrons. The van der Waals surface area contributed by atoms with E-state index in [-0.39, 0.29) is 5.91 Å². The molecule has 0 atom stereocenters. The van der Waals surface area contributed by atoms with Crippen LogP contribution in [0.15, 0.2) is 17.6 Å². The first-order valence-corrected chi connectivity index (χ1v) is 5.37. The van der Waals surface area contributed by atoms with Crippen molar-refractivity contribution in [2.24, 2.45) is 0 Å². The Labute approximate surface area is 84.8 Å². The molecule has 0 radical (unpaired) electrons. The van der Waals surface area contributed by atoms with Crippen LogP contribution in [0.4, 0.5) is 5.69 Å².